The second-order valence-corrected chi connectivity index (χ2v) is 9.94. The summed E-state index contributed by atoms with van der Waals surface area (Å²) >= 11 is 0. The molecule has 1 saturated carbocycles. The molecule has 1 aliphatic rings. The first-order chi connectivity index (χ1) is 15.6. The Balaban J connectivity index is 2.05. The second kappa shape index (κ2) is 19.4. The van der Waals surface area contributed by atoms with E-state index in [9.17, 15) is 9.59 Å². The van der Waals surface area contributed by atoms with Gasteiger partial charge in [0.25, 0.3) is 0 Å². The smallest absolute Gasteiger partial charge is 0.308 e. The maximum absolute atomic E-state index is 12.4. The van der Waals surface area contributed by atoms with E-state index in [1.54, 1.807) is 0 Å². The largest absolute Gasteiger partial charge is 0.465 e. The summed E-state index contributed by atoms with van der Waals surface area (Å²) < 4.78 is 11.1. The first kappa shape index (κ1) is 29.0. The highest BCUT2D eigenvalue weighted by Crippen LogP contribution is 2.31. The number of carbonyl (C=O) groups is 2. The highest BCUT2D eigenvalue weighted by Gasteiger charge is 2.31. The van der Waals surface area contributed by atoms with Crippen molar-refractivity contribution in [3.05, 3.63) is 0 Å². The summed E-state index contributed by atoms with van der Waals surface area (Å²) in [6, 6.07) is 0. The predicted molar refractivity (Wildman–Crippen MR) is 133 cm³/mol. The number of hydrogen-bond donors (Lipinski definition) is 0. The molecule has 0 amide bonds. The number of hydrogen-bond acceptors (Lipinski definition) is 4. The third kappa shape index (κ3) is 13.5. The van der Waals surface area contributed by atoms with Crippen LogP contribution in [-0.4, -0.2) is 25.2 Å². The van der Waals surface area contributed by atoms with Crippen LogP contribution in [0.5, 0.6) is 0 Å². The fourth-order valence-electron chi connectivity index (χ4n) is 4.66. The molecule has 0 aromatic heterocycles. The molecule has 0 N–H and O–H groups in total. The van der Waals surface area contributed by atoms with Gasteiger partial charge >= 0.3 is 11.9 Å². The zero-order valence-electron chi connectivity index (χ0n) is 21.5. The topological polar surface area (TPSA) is 52.6 Å². The van der Waals surface area contributed by atoms with Crippen molar-refractivity contribution in [2.24, 2.45) is 17.8 Å². The van der Waals surface area contributed by atoms with Gasteiger partial charge in [0.2, 0.25) is 0 Å². The fourth-order valence-corrected chi connectivity index (χ4v) is 4.66. The molecule has 4 heteroatoms. The van der Waals surface area contributed by atoms with E-state index in [2.05, 4.69) is 20.8 Å². The molecule has 0 saturated heterocycles. The lowest BCUT2D eigenvalue weighted by molar-refractivity contribution is -0.156. The van der Waals surface area contributed by atoms with Crippen molar-refractivity contribution in [3.63, 3.8) is 0 Å². The van der Waals surface area contributed by atoms with Crippen LogP contribution in [0.25, 0.3) is 0 Å². The molecule has 188 valence electrons. The van der Waals surface area contributed by atoms with Gasteiger partial charge in [0.15, 0.2) is 0 Å². The summed E-state index contributed by atoms with van der Waals surface area (Å²) in [7, 11) is 0. The molecule has 0 bridgehead atoms. The molecule has 0 heterocycles. The van der Waals surface area contributed by atoms with Gasteiger partial charge in [-0.15, -0.1) is 0 Å². The molecule has 0 spiro atoms. The number of unbranched alkanes of at least 4 members (excludes halogenated alkanes) is 10. The van der Waals surface area contributed by atoms with E-state index in [0.29, 0.717) is 19.1 Å². The molecule has 1 atom stereocenters. The van der Waals surface area contributed by atoms with Crippen LogP contribution in [0, 0.1) is 17.8 Å². The van der Waals surface area contributed by atoms with Gasteiger partial charge in [-0.25, -0.2) is 0 Å². The van der Waals surface area contributed by atoms with Gasteiger partial charge in [-0.05, 0) is 44.4 Å². The average molecular weight is 453 g/mol. The summed E-state index contributed by atoms with van der Waals surface area (Å²) in [5, 5.41) is 0. The third-order valence-electron chi connectivity index (χ3n) is 7.14. The van der Waals surface area contributed by atoms with Crippen LogP contribution in [0.1, 0.15) is 136 Å². The normalized spacial score (nSPS) is 19.5. The minimum Gasteiger partial charge on any atom is -0.465 e. The molecule has 1 aliphatic carbocycles. The summed E-state index contributed by atoms with van der Waals surface area (Å²) in [6.45, 7) is 7.72. The lowest BCUT2D eigenvalue weighted by Gasteiger charge is -2.26. The minimum absolute atomic E-state index is 0.0323. The van der Waals surface area contributed by atoms with Crippen LogP contribution in [0.15, 0.2) is 0 Å². The van der Waals surface area contributed by atoms with Gasteiger partial charge < -0.3 is 9.47 Å². The Morgan fingerprint density at radius 1 is 0.656 bits per heavy atom. The van der Waals surface area contributed by atoms with E-state index in [1.165, 1.54) is 64.2 Å². The SMILES string of the molecule is CCCCCCCCCCCCOC(=O)C1CCC(C(=O)OCC(CC)CCCC)CC1. The Morgan fingerprint density at radius 3 is 1.62 bits per heavy atom. The van der Waals surface area contributed by atoms with Crippen molar-refractivity contribution < 1.29 is 19.1 Å². The van der Waals surface area contributed by atoms with Gasteiger partial charge in [0, 0.05) is 0 Å². The van der Waals surface area contributed by atoms with Crippen LogP contribution in [-0.2, 0) is 19.1 Å². The minimum atomic E-state index is -0.0582. The molecule has 0 radical (unpaired) electrons. The van der Waals surface area contributed by atoms with E-state index >= 15 is 0 Å². The van der Waals surface area contributed by atoms with Crippen LogP contribution in [0.2, 0.25) is 0 Å². The van der Waals surface area contributed by atoms with E-state index in [1.807, 2.05) is 0 Å². The molecule has 1 fully saturated rings. The van der Waals surface area contributed by atoms with Gasteiger partial charge in [-0.1, -0.05) is 97.8 Å². The molecule has 1 unspecified atom stereocenters. The number of esters is 2. The standard InChI is InChI=1S/C28H52O4/c1-4-7-9-10-11-12-13-14-15-16-22-31-27(29)25-18-20-26(21-19-25)28(30)32-23-24(6-3)17-8-5-2/h24-26H,4-23H2,1-3H3. The van der Waals surface area contributed by atoms with E-state index in [-0.39, 0.29) is 23.8 Å². The molecule has 0 aliphatic heterocycles. The van der Waals surface area contributed by atoms with Crippen molar-refractivity contribution in [2.45, 2.75) is 136 Å². The predicted octanol–water partition coefficient (Wildman–Crippen LogP) is 8.02. The monoisotopic (exact) mass is 452 g/mol. The Kier molecular flexibility index (Phi) is 17.6. The molecule has 0 aromatic rings. The second-order valence-electron chi connectivity index (χ2n) is 9.94. The van der Waals surface area contributed by atoms with Gasteiger partial charge in [0.05, 0.1) is 25.0 Å². The molecule has 1 rings (SSSR count). The Bertz CT molecular complexity index is 468. The van der Waals surface area contributed by atoms with Crippen LogP contribution >= 0.6 is 0 Å². The highest BCUT2D eigenvalue weighted by atomic mass is 16.5. The third-order valence-corrected chi connectivity index (χ3v) is 7.14. The highest BCUT2D eigenvalue weighted by molar-refractivity contribution is 5.75. The van der Waals surface area contributed by atoms with E-state index in [0.717, 1.165) is 51.4 Å². The van der Waals surface area contributed by atoms with Gasteiger partial charge in [-0.3, -0.25) is 9.59 Å². The van der Waals surface area contributed by atoms with Crippen molar-refractivity contribution >= 4 is 11.9 Å². The van der Waals surface area contributed by atoms with Gasteiger partial charge in [-0.2, -0.15) is 0 Å². The molecule has 32 heavy (non-hydrogen) atoms. The van der Waals surface area contributed by atoms with Gasteiger partial charge in [0.1, 0.15) is 0 Å². The lowest BCUT2D eigenvalue weighted by Crippen LogP contribution is -2.29. The van der Waals surface area contributed by atoms with E-state index in [4.69, 9.17) is 9.47 Å². The summed E-state index contributed by atoms with van der Waals surface area (Å²) in [5.41, 5.74) is 0. The average Bonchev–Trinajstić information content (AvgIpc) is 2.82. The number of carbonyl (C=O) groups excluding carboxylic acids is 2. The first-order valence-corrected chi connectivity index (χ1v) is 14.0. The van der Waals surface area contributed by atoms with Crippen molar-refractivity contribution in [2.75, 3.05) is 13.2 Å². The summed E-state index contributed by atoms with van der Waals surface area (Å²) in [4.78, 5) is 24.8. The summed E-state index contributed by atoms with van der Waals surface area (Å²) in [5.74, 6) is 0.298. The zero-order valence-corrected chi connectivity index (χ0v) is 21.5. The van der Waals surface area contributed by atoms with Crippen LogP contribution in [0.4, 0.5) is 0 Å². The number of rotatable bonds is 19. The quantitative estimate of drug-likeness (QED) is 0.147. The molecule has 4 nitrogen and oxygen atoms in total. The maximum atomic E-state index is 12.4. The van der Waals surface area contributed by atoms with Crippen LogP contribution < -0.4 is 0 Å². The molecular formula is C28H52O4. The number of ether oxygens (including phenoxy) is 2. The zero-order chi connectivity index (χ0) is 23.4. The first-order valence-electron chi connectivity index (χ1n) is 14.0. The Labute approximate surface area is 198 Å². The Hall–Kier alpha value is -1.06. The maximum Gasteiger partial charge on any atom is 0.308 e. The van der Waals surface area contributed by atoms with Crippen molar-refractivity contribution in [3.8, 4) is 0 Å². The van der Waals surface area contributed by atoms with Crippen molar-refractivity contribution in [1.82, 2.24) is 0 Å². The molecule has 0 aromatic carbocycles. The summed E-state index contributed by atoms with van der Waals surface area (Å²) in [6.07, 6.45) is 20.4. The van der Waals surface area contributed by atoms with Crippen molar-refractivity contribution in [1.29, 1.82) is 0 Å². The lowest BCUT2D eigenvalue weighted by atomic mass is 9.82. The van der Waals surface area contributed by atoms with Crippen LogP contribution in [0.3, 0.4) is 0 Å². The fraction of sp³-hybridized carbons (Fsp3) is 0.929. The Morgan fingerprint density at radius 2 is 1.12 bits per heavy atom. The van der Waals surface area contributed by atoms with E-state index < -0.39 is 0 Å². The molecular weight excluding hydrogens is 400 g/mol.